The van der Waals surface area contributed by atoms with E-state index in [9.17, 15) is 19.2 Å². The van der Waals surface area contributed by atoms with Crippen LogP contribution >= 0.6 is 0 Å². The Kier molecular flexibility index (Phi) is 6.16. The van der Waals surface area contributed by atoms with Crippen molar-refractivity contribution < 1.29 is 33.4 Å². The predicted molar refractivity (Wildman–Crippen MR) is 117 cm³/mol. The van der Waals surface area contributed by atoms with Crippen LogP contribution in [0.3, 0.4) is 0 Å². The fourth-order valence-corrected chi connectivity index (χ4v) is 3.60. The first kappa shape index (κ1) is 22.1. The molecular formula is C23H23N3O7. The third-order valence-electron chi connectivity index (χ3n) is 5.39. The van der Waals surface area contributed by atoms with Crippen LogP contribution in [0.4, 0.5) is 11.4 Å². The van der Waals surface area contributed by atoms with Gasteiger partial charge in [-0.15, -0.1) is 0 Å². The third kappa shape index (κ3) is 4.89. The first-order chi connectivity index (χ1) is 15.8. The molecule has 10 nitrogen and oxygen atoms in total. The van der Waals surface area contributed by atoms with Crippen LogP contribution in [0.5, 0.6) is 11.5 Å². The van der Waals surface area contributed by atoms with Crippen molar-refractivity contribution in [3.63, 3.8) is 0 Å². The quantitative estimate of drug-likeness (QED) is 0.632. The fraction of sp³-hybridized carbons (Fsp3) is 0.304. The van der Waals surface area contributed by atoms with Crippen molar-refractivity contribution in [2.75, 3.05) is 30.0 Å². The van der Waals surface area contributed by atoms with Crippen LogP contribution in [-0.2, 0) is 19.1 Å². The molecule has 0 radical (unpaired) electrons. The van der Waals surface area contributed by atoms with Crippen LogP contribution in [0.25, 0.3) is 0 Å². The third-order valence-corrected chi connectivity index (χ3v) is 5.39. The second-order valence-corrected chi connectivity index (χ2v) is 7.74. The Balaban J connectivity index is 1.34. The number of nitrogens with zero attached hydrogens (tertiary/aromatic N) is 1. The minimum atomic E-state index is -1.08. The van der Waals surface area contributed by atoms with Crippen molar-refractivity contribution in [1.82, 2.24) is 0 Å². The van der Waals surface area contributed by atoms with Crippen LogP contribution in [0.1, 0.15) is 23.7 Å². The molecule has 33 heavy (non-hydrogen) atoms. The molecule has 3 N–H and O–H groups in total. The maximum atomic E-state index is 12.6. The smallest absolute Gasteiger partial charge is 0.312 e. The number of nitrogens with one attached hydrogen (secondary N) is 1. The normalized spacial score (nSPS) is 17.9. The number of carbonyl (C=O) groups excluding carboxylic acids is 4. The van der Waals surface area contributed by atoms with E-state index in [1.54, 1.807) is 18.2 Å². The zero-order valence-corrected chi connectivity index (χ0v) is 17.9. The summed E-state index contributed by atoms with van der Waals surface area (Å²) in [5.74, 6) is -1.51. The summed E-state index contributed by atoms with van der Waals surface area (Å²) in [7, 11) is 0. The number of fused-ring (bicyclic) bond motifs is 1. The highest BCUT2D eigenvalue weighted by atomic mass is 16.6. The van der Waals surface area contributed by atoms with Gasteiger partial charge in [-0.1, -0.05) is 0 Å². The highest BCUT2D eigenvalue weighted by molar-refractivity contribution is 6.01. The average Bonchev–Trinajstić information content (AvgIpc) is 3.20. The van der Waals surface area contributed by atoms with E-state index in [2.05, 4.69) is 5.32 Å². The second-order valence-electron chi connectivity index (χ2n) is 7.74. The number of ether oxygens (including phenoxy) is 3. The molecule has 2 atom stereocenters. The Bertz CT molecular complexity index is 1100. The molecular weight excluding hydrogens is 430 g/mol. The summed E-state index contributed by atoms with van der Waals surface area (Å²) in [6, 6.07) is 11.2. The topological polar surface area (TPSA) is 137 Å². The van der Waals surface area contributed by atoms with Gasteiger partial charge in [0.2, 0.25) is 11.8 Å². The molecule has 4 rings (SSSR count). The monoisotopic (exact) mass is 453 g/mol. The molecule has 2 heterocycles. The summed E-state index contributed by atoms with van der Waals surface area (Å²) in [4.78, 5) is 50.1. The number of hydrogen-bond acceptors (Lipinski definition) is 7. The summed E-state index contributed by atoms with van der Waals surface area (Å²) >= 11 is 0. The van der Waals surface area contributed by atoms with Crippen LogP contribution < -0.4 is 25.4 Å². The first-order valence-electron chi connectivity index (χ1n) is 10.4. The van der Waals surface area contributed by atoms with Gasteiger partial charge >= 0.3 is 5.97 Å². The van der Waals surface area contributed by atoms with Crippen LogP contribution in [0.2, 0.25) is 0 Å². The molecule has 2 aliphatic rings. The maximum absolute atomic E-state index is 12.6. The zero-order valence-electron chi connectivity index (χ0n) is 17.9. The fourth-order valence-electron chi connectivity index (χ4n) is 3.60. The molecule has 2 aliphatic heterocycles. The molecule has 1 saturated heterocycles. The van der Waals surface area contributed by atoms with Gasteiger partial charge in [0.15, 0.2) is 17.6 Å². The van der Waals surface area contributed by atoms with Gasteiger partial charge in [-0.25, -0.2) is 0 Å². The van der Waals surface area contributed by atoms with Crippen LogP contribution in [-0.4, -0.2) is 49.6 Å². The standard InChI is InChI=1S/C23H23N3O7/c1-13(22(29)25-16-4-2-14(3-5-16)21(24)28)33-23(30)15-10-20(27)26(12-15)17-6-7-18-19(11-17)32-9-8-31-18/h2-7,11,13,15H,8-10,12H2,1H3,(H2,24,28)(H,25,29)/t13-,15+/m0/s1. The number of carbonyl (C=O) groups is 4. The van der Waals surface area contributed by atoms with Crippen molar-refractivity contribution in [3.05, 3.63) is 48.0 Å². The summed E-state index contributed by atoms with van der Waals surface area (Å²) in [6.45, 7) is 2.47. The minimum Gasteiger partial charge on any atom is -0.486 e. The molecule has 0 aliphatic carbocycles. The van der Waals surface area contributed by atoms with Crippen molar-refractivity contribution in [3.8, 4) is 11.5 Å². The Labute approximate surface area is 189 Å². The van der Waals surface area contributed by atoms with Gasteiger partial charge in [-0.05, 0) is 43.3 Å². The molecule has 172 valence electrons. The molecule has 0 spiro atoms. The van der Waals surface area contributed by atoms with E-state index in [0.29, 0.717) is 41.7 Å². The van der Waals surface area contributed by atoms with E-state index in [-0.39, 0.29) is 18.9 Å². The molecule has 1 fully saturated rings. The zero-order chi connectivity index (χ0) is 23.5. The summed E-state index contributed by atoms with van der Waals surface area (Å²) in [5.41, 5.74) is 6.52. The largest absolute Gasteiger partial charge is 0.486 e. The average molecular weight is 453 g/mol. The van der Waals surface area contributed by atoms with Crippen molar-refractivity contribution in [2.24, 2.45) is 11.7 Å². The van der Waals surface area contributed by atoms with E-state index in [4.69, 9.17) is 19.9 Å². The van der Waals surface area contributed by atoms with E-state index in [1.807, 2.05) is 0 Å². The molecule has 0 bridgehead atoms. The van der Waals surface area contributed by atoms with E-state index in [1.165, 1.54) is 36.1 Å². The Morgan fingerprint density at radius 1 is 1.09 bits per heavy atom. The number of benzene rings is 2. The molecule has 2 aromatic carbocycles. The number of esters is 1. The van der Waals surface area contributed by atoms with Crippen LogP contribution in [0, 0.1) is 5.92 Å². The van der Waals surface area contributed by atoms with Gasteiger partial charge in [0.25, 0.3) is 5.91 Å². The lowest BCUT2D eigenvalue weighted by Gasteiger charge is -2.22. The van der Waals surface area contributed by atoms with E-state index in [0.717, 1.165) is 0 Å². The maximum Gasteiger partial charge on any atom is 0.312 e. The predicted octanol–water partition coefficient (Wildman–Crippen LogP) is 1.48. The second kappa shape index (κ2) is 9.19. The minimum absolute atomic E-state index is 0.0177. The van der Waals surface area contributed by atoms with Gasteiger partial charge in [0.05, 0.1) is 5.92 Å². The number of rotatable bonds is 6. The van der Waals surface area contributed by atoms with E-state index < -0.39 is 29.8 Å². The molecule has 3 amide bonds. The van der Waals surface area contributed by atoms with Gasteiger partial charge in [-0.3, -0.25) is 19.2 Å². The number of primary amides is 1. The summed E-state index contributed by atoms with van der Waals surface area (Å²) < 4.78 is 16.4. The summed E-state index contributed by atoms with van der Waals surface area (Å²) in [5, 5.41) is 2.60. The number of hydrogen-bond donors (Lipinski definition) is 2. The van der Waals surface area contributed by atoms with Crippen molar-refractivity contribution in [2.45, 2.75) is 19.4 Å². The number of amides is 3. The molecule has 0 aromatic heterocycles. The molecule has 0 unspecified atom stereocenters. The number of anilines is 2. The summed E-state index contributed by atoms with van der Waals surface area (Å²) in [6.07, 6.45) is -1.09. The lowest BCUT2D eigenvalue weighted by molar-refractivity contribution is -0.157. The van der Waals surface area contributed by atoms with E-state index >= 15 is 0 Å². The SMILES string of the molecule is C[C@H](OC(=O)[C@@H]1CC(=O)N(c2ccc3c(c2)OCCO3)C1)C(=O)Nc1ccc(C(N)=O)cc1. The Morgan fingerprint density at radius 2 is 1.79 bits per heavy atom. The van der Waals surface area contributed by atoms with Crippen molar-refractivity contribution in [1.29, 1.82) is 0 Å². The van der Waals surface area contributed by atoms with Gasteiger partial charge in [0, 0.05) is 36.0 Å². The van der Waals surface area contributed by atoms with Crippen molar-refractivity contribution >= 4 is 35.1 Å². The Hall–Kier alpha value is -4.08. The lowest BCUT2D eigenvalue weighted by atomic mass is 10.1. The number of nitrogens with two attached hydrogens (primary N) is 1. The van der Waals surface area contributed by atoms with Gasteiger partial charge < -0.3 is 30.2 Å². The van der Waals surface area contributed by atoms with Gasteiger partial charge in [-0.2, -0.15) is 0 Å². The molecule has 10 heteroatoms. The first-order valence-corrected chi connectivity index (χ1v) is 10.4. The Morgan fingerprint density at radius 3 is 2.48 bits per heavy atom. The van der Waals surface area contributed by atoms with Gasteiger partial charge in [0.1, 0.15) is 13.2 Å². The molecule has 0 saturated carbocycles. The highest BCUT2D eigenvalue weighted by Crippen LogP contribution is 2.36. The highest BCUT2D eigenvalue weighted by Gasteiger charge is 2.37. The molecule has 2 aromatic rings. The van der Waals surface area contributed by atoms with Crippen LogP contribution in [0.15, 0.2) is 42.5 Å². The lowest BCUT2D eigenvalue weighted by Crippen LogP contribution is -2.33.